The quantitative estimate of drug-likeness (QED) is 0.396. The third-order valence-electron chi connectivity index (χ3n) is 1.91. The predicted molar refractivity (Wildman–Crippen MR) is 48.3 cm³/mol. The van der Waals surface area contributed by atoms with E-state index in [2.05, 4.69) is 37.8 Å². The van der Waals surface area contributed by atoms with Crippen molar-refractivity contribution in [3.05, 3.63) is 24.8 Å². The van der Waals surface area contributed by atoms with Crippen LogP contribution in [0.5, 0.6) is 0 Å². The van der Waals surface area contributed by atoms with Crippen molar-refractivity contribution < 1.29 is 0 Å². The van der Waals surface area contributed by atoms with Crippen LogP contribution in [0.25, 0.3) is 0 Å². The van der Waals surface area contributed by atoms with E-state index in [1.807, 2.05) is 6.08 Å². The second-order valence-electron chi connectivity index (χ2n) is 2.82. The van der Waals surface area contributed by atoms with Gasteiger partial charge in [0.25, 0.3) is 0 Å². The van der Waals surface area contributed by atoms with Gasteiger partial charge in [-0.3, -0.25) is 0 Å². The number of rotatable bonds is 5. The van der Waals surface area contributed by atoms with Crippen LogP contribution >= 0.6 is 0 Å². The van der Waals surface area contributed by atoms with Gasteiger partial charge in [-0.25, -0.2) is 0 Å². The summed E-state index contributed by atoms with van der Waals surface area (Å²) >= 11 is 2.21. The average Bonchev–Trinajstić information content (AvgIpc) is 1.89. The first kappa shape index (κ1) is 10.1. The second-order valence-corrected chi connectivity index (χ2v) is 2.82. The molecule has 1 unspecified atom stereocenters. The fourth-order valence-corrected chi connectivity index (χ4v) is 1.12. The van der Waals surface area contributed by atoms with Crippen LogP contribution in [0.4, 0.5) is 0 Å². The Morgan fingerprint density at radius 2 is 2.30 bits per heavy atom. The van der Waals surface area contributed by atoms with Crippen molar-refractivity contribution in [3.63, 3.8) is 0 Å². The van der Waals surface area contributed by atoms with Gasteiger partial charge in [-0.15, -0.1) is 0 Å². The van der Waals surface area contributed by atoms with Crippen molar-refractivity contribution in [2.24, 2.45) is 5.92 Å². The molecule has 0 aromatic carbocycles. The van der Waals surface area contributed by atoms with Gasteiger partial charge in [-0.2, -0.15) is 0 Å². The predicted octanol–water partition coefficient (Wildman–Crippen LogP) is 2.73. The minimum absolute atomic E-state index is 0.706. The molecule has 0 radical (unpaired) electrons. The van der Waals surface area contributed by atoms with Crippen LogP contribution in [-0.2, 0) is 0 Å². The third-order valence-corrected chi connectivity index (χ3v) is 1.91. The van der Waals surface area contributed by atoms with Crippen molar-refractivity contribution in [2.75, 3.05) is 0 Å². The van der Waals surface area contributed by atoms with Crippen LogP contribution in [0.2, 0.25) is 5.09 Å². The maximum atomic E-state index is 3.94. The van der Waals surface area contributed by atoms with E-state index in [1.165, 1.54) is 17.1 Å². The van der Waals surface area contributed by atoms with Gasteiger partial charge in [0.05, 0.1) is 0 Å². The van der Waals surface area contributed by atoms with Crippen molar-refractivity contribution >= 4 is 17.7 Å². The van der Waals surface area contributed by atoms with E-state index in [0.717, 1.165) is 6.42 Å². The summed E-state index contributed by atoms with van der Waals surface area (Å²) in [4.78, 5) is 0. The summed E-state index contributed by atoms with van der Waals surface area (Å²) in [5.41, 5.74) is 1.31. The molecule has 0 aliphatic heterocycles. The Balaban J connectivity index is 3.60. The molecule has 10 heavy (non-hydrogen) atoms. The van der Waals surface area contributed by atoms with Crippen LogP contribution in [0.15, 0.2) is 24.8 Å². The van der Waals surface area contributed by atoms with E-state index in [0.29, 0.717) is 5.92 Å². The van der Waals surface area contributed by atoms with Crippen LogP contribution in [0.1, 0.15) is 19.8 Å². The molecule has 0 nitrogen and oxygen atoms in total. The Morgan fingerprint density at radius 3 is 2.60 bits per heavy atom. The van der Waals surface area contributed by atoms with Crippen molar-refractivity contribution in [1.29, 1.82) is 0 Å². The van der Waals surface area contributed by atoms with Crippen LogP contribution in [-0.4, -0.2) is 17.7 Å². The Morgan fingerprint density at radius 1 is 1.70 bits per heavy atom. The summed E-state index contributed by atoms with van der Waals surface area (Å²) in [5, 5.41) is 1.21. The van der Waals surface area contributed by atoms with E-state index < -0.39 is 0 Å². The molecule has 0 spiro atoms. The molecule has 0 amide bonds. The van der Waals surface area contributed by atoms with Gasteiger partial charge < -0.3 is 0 Å². The zero-order chi connectivity index (χ0) is 7.98. The zero-order valence-corrected chi connectivity index (χ0v) is 7.19. The molecule has 0 aliphatic rings. The van der Waals surface area contributed by atoms with E-state index >= 15 is 0 Å². The molecule has 0 aliphatic carbocycles. The fourth-order valence-electron chi connectivity index (χ4n) is 1.12. The van der Waals surface area contributed by atoms with Crippen LogP contribution in [0, 0.1) is 5.92 Å². The molecule has 0 N–H and O–H groups in total. The summed E-state index contributed by atoms with van der Waals surface area (Å²) in [6.07, 6.45) is 4.31. The first-order valence-electron chi connectivity index (χ1n) is 3.98. The van der Waals surface area contributed by atoms with E-state index in [9.17, 15) is 0 Å². The van der Waals surface area contributed by atoms with Crippen LogP contribution in [0.3, 0.4) is 0 Å². The summed E-state index contributed by atoms with van der Waals surface area (Å²) in [6, 6.07) is 0. The van der Waals surface area contributed by atoms with Gasteiger partial charge in [0, 0.05) is 0 Å². The molecule has 0 saturated carbocycles. The number of hydrogen-bond donors (Lipinski definition) is 0. The van der Waals surface area contributed by atoms with Crippen LogP contribution < -0.4 is 0 Å². The third kappa shape index (κ3) is 3.98. The second kappa shape index (κ2) is 5.83. The topological polar surface area (TPSA) is 0 Å². The van der Waals surface area contributed by atoms with Crippen molar-refractivity contribution in [1.82, 2.24) is 0 Å². The van der Waals surface area contributed by atoms with E-state index in [4.69, 9.17) is 0 Å². The molecular formula is C9H15Li. The molecule has 0 aromatic rings. The average molecular weight is 130 g/mol. The van der Waals surface area contributed by atoms with Crippen molar-refractivity contribution in [3.8, 4) is 0 Å². The summed E-state index contributed by atoms with van der Waals surface area (Å²) in [7, 11) is 0. The summed E-state index contributed by atoms with van der Waals surface area (Å²) in [5.74, 6) is 0.706. The van der Waals surface area contributed by atoms with Crippen molar-refractivity contribution in [2.45, 2.75) is 24.9 Å². The molecule has 0 rings (SSSR count). The monoisotopic (exact) mass is 130 g/mol. The first-order valence-corrected chi connectivity index (χ1v) is 3.98. The van der Waals surface area contributed by atoms with Gasteiger partial charge in [0.1, 0.15) is 0 Å². The Kier molecular flexibility index (Phi) is 5.88. The van der Waals surface area contributed by atoms with Gasteiger partial charge in [0.2, 0.25) is 0 Å². The molecule has 0 bridgehead atoms. The van der Waals surface area contributed by atoms with Gasteiger partial charge in [-0.05, 0) is 0 Å². The molecule has 0 saturated heterocycles. The van der Waals surface area contributed by atoms with E-state index in [1.54, 1.807) is 0 Å². The first-order chi connectivity index (χ1) is 4.72. The molecular weight excluding hydrogens is 115 g/mol. The Bertz CT molecular complexity index is 116. The van der Waals surface area contributed by atoms with Gasteiger partial charge in [0.15, 0.2) is 0 Å². The fraction of sp³-hybridized carbons (Fsp3) is 0.556. The summed E-state index contributed by atoms with van der Waals surface area (Å²) in [6.45, 7) is 9.75. The van der Waals surface area contributed by atoms with Gasteiger partial charge in [-0.1, -0.05) is 0 Å². The van der Waals surface area contributed by atoms with Gasteiger partial charge >= 0.3 is 73.3 Å². The molecule has 0 heterocycles. The molecule has 0 aromatic heterocycles. The molecule has 52 valence electrons. The number of hydrogen-bond acceptors (Lipinski definition) is 0. The molecule has 0 fully saturated rings. The molecule has 1 heteroatoms. The Hall–Kier alpha value is 0.0774. The number of allylic oxidation sites excluding steroid dienone is 2. The zero-order valence-electron chi connectivity index (χ0n) is 7.19. The normalized spacial score (nSPS) is 12.7. The molecule has 1 atom stereocenters. The van der Waals surface area contributed by atoms with E-state index in [-0.39, 0.29) is 0 Å². The SMILES string of the molecule is [Li][CH2]C(CCC=C)C(=C)C. The maximum absolute atomic E-state index is 3.94. The Labute approximate surface area is 73.6 Å². The summed E-state index contributed by atoms with van der Waals surface area (Å²) < 4.78 is 0. The minimum atomic E-state index is 0.706. The standard InChI is InChI=1S/C9H15.Li/c1-5-6-7-9(4)8(2)3;/h5,9H,1-2,4,6-7H2,3H3;.